The van der Waals surface area contributed by atoms with Crippen LogP contribution >= 0.6 is 0 Å². The van der Waals surface area contributed by atoms with Gasteiger partial charge < -0.3 is 15.0 Å². The van der Waals surface area contributed by atoms with Gasteiger partial charge in [-0.05, 0) is 46.5 Å². The number of nitrogens with zero attached hydrogens (tertiary/aromatic N) is 2. The lowest BCUT2D eigenvalue weighted by atomic mass is 9.97. The van der Waals surface area contributed by atoms with Crippen molar-refractivity contribution in [2.45, 2.75) is 51.7 Å². The monoisotopic (exact) mass is 239 g/mol. The Hall–Kier alpha value is -0.940. The largest absolute Gasteiger partial charge is 0.368 e. The summed E-state index contributed by atoms with van der Waals surface area (Å²) in [6.07, 6.45) is 2.28. The Kier molecular flexibility index (Phi) is 2.99. The van der Waals surface area contributed by atoms with Gasteiger partial charge in [0.1, 0.15) is 5.60 Å². The van der Waals surface area contributed by atoms with Crippen LogP contribution < -0.4 is 5.73 Å². The van der Waals surface area contributed by atoms with Gasteiger partial charge in [0.15, 0.2) is 0 Å². The lowest BCUT2D eigenvalue weighted by Gasteiger charge is -2.21. The average molecular weight is 239 g/mol. The van der Waals surface area contributed by atoms with E-state index in [9.17, 15) is 0 Å². The number of ether oxygens (including phenoxy) is 1. The molecule has 5 nitrogen and oxygen atoms in total. The summed E-state index contributed by atoms with van der Waals surface area (Å²) in [6.45, 7) is 8.36. The average Bonchev–Trinajstić information content (AvgIpc) is 2.95. The zero-order valence-electron chi connectivity index (χ0n) is 11.0. The molecule has 1 aliphatic rings. The smallest absolute Gasteiger partial charge is 0.246 e. The highest BCUT2D eigenvalue weighted by Gasteiger charge is 2.44. The van der Waals surface area contributed by atoms with Gasteiger partial charge in [0, 0.05) is 6.61 Å². The SMILES string of the molecule is CCOC(C)(C)c1noc(C(C)(N)C2CC2)n1. The van der Waals surface area contributed by atoms with Crippen molar-refractivity contribution in [3.05, 3.63) is 11.7 Å². The fourth-order valence-corrected chi connectivity index (χ4v) is 1.97. The van der Waals surface area contributed by atoms with E-state index in [1.807, 2.05) is 27.7 Å². The van der Waals surface area contributed by atoms with Gasteiger partial charge in [-0.25, -0.2) is 0 Å². The zero-order chi connectivity index (χ0) is 12.7. The molecule has 0 amide bonds. The van der Waals surface area contributed by atoms with Crippen LogP contribution in [0.2, 0.25) is 0 Å². The van der Waals surface area contributed by atoms with E-state index >= 15 is 0 Å². The van der Waals surface area contributed by atoms with Crippen LogP contribution in [0.1, 0.15) is 52.3 Å². The second-order valence-electron chi connectivity index (χ2n) is 5.42. The van der Waals surface area contributed by atoms with Gasteiger partial charge in [-0.3, -0.25) is 0 Å². The maximum Gasteiger partial charge on any atom is 0.246 e. The Labute approximate surface area is 102 Å². The van der Waals surface area contributed by atoms with Crippen molar-refractivity contribution in [3.63, 3.8) is 0 Å². The van der Waals surface area contributed by atoms with Crippen molar-refractivity contribution < 1.29 is 9.26 Å². The highest BCUT2D eigenvalue weighted by atomic mass is 16.5. The first kappa shape index (κ1) is 12.5. The Morgan fingerprint density at radius 2 is 2.06 bits per heavy atom. The first-order chi connectivity index (χ1) is 7.88. The van der Waals surface area contributed by atoms with Crippen molar-refractivity contribution >= 4 is 0 Å². The van der Waals surface area contributed by atoms with E-state index < -0.39 is 11.1 Å². The lowest BCUT2D eigenvalue weighted by molar-refractivity contribution is -0.0221. The molecule has 1 atom stereocenters. The molecule has 1 aliphatic carbocycles. The maximum atomic E-state index is 6.24. The molecule has 17 heavy (non-hydrogen) atoms. The quantitative estimate of drug-likeness (QED) is 0.849. The molecule has 1 saturated carbocycles. The van der Waals surface area contributed by atoms with Crippen molar-refractivity contribution in [2.24, 2.45) is 11.7 Å². The van der Waals surface area contributed by atoms with Crippen molar-refractivity contribution in [3.8, 4) is 0 Å². The minimum Gasteiger partial charge on any atom is -0.368 e. The summed E-state index contributed by atoms with van der Waals surface area (Å²) >= 11 is 0. The standard InChI is InChI=1S/C12H21N3O2/c1-5-16-11(2,3)9-14-10(17-15-9)12(4,13)8-6-7-8/h8H,5-7,13H2,1-4H3. The fraction of sp³-hybridized carbons (Fsp3) is 0.833. The van der Waals surface area contributed by atoms with E-state index in [1.165, 1.54) is 0 Å². The molecule has 2 rings (SSSR count). The first-order valence-corrected chi connectivity index (χ1v) is 6.15. The van der Waals surface area contributed by atoms with Crippen LogP contribution in [0.5, 0.6) is 0 Å². The van der Waals surface area contributed by atoms with E-state index in [0.717, 1.165) is 12.8 Å². The summed E-state index contributed by atoms with van der Waals surface area (Å²) in [5.74, 6) is 1.54. The molecule has 1 heterocycles. The van der Waals surface area contributed by atoms with Crippen LogP contribution in [-0.4, -0.2) is 16.7 Å². The maximum absolute atomic E-state index is 6.24. The molecule has 1 unspecified atom stereocenters. The summed E-state index contributed by atoms with van der Waals surface area (Å²) in [7, 11) is 0. The van der Waals surface area contributed by atoms with Crippen LogP contribution in [-0.2, 0) is 15.9 Å². The first-order valence-electron chi connectivity index (χ1n) is 6.15. The number of rotatable bonds is 5. The van der Waals surface area contributed by atoms with Crippen LogP contribution in [0.15, 0.2) is 4.52 Å². The van der Waals surface area contributed by atoms with E-state index in [0.29, 0.717) is 24.2 Å². The van der Waals surface area contributed by atoms with Crippen LogP contribution in [0.3, 0.4) is 0 Å². The van der Waals surface area contributed by atoms with Gasteiger partial charge in [0.25, 0.3) is 0 Å². The van der Waals surface area contributed by atoms with Gasteiger partial charge in [0.2, 0.25) is 11.7 Å². The molecular formula is C12H21N3O2. The Bertz CT molecular complexity index is 394. The van der Waals surface area contributed by atoms with Crippen molar-refractivity contribution in [1.29, 1.82) is 0 Å². The lowest BCUT2D eigenvalue weighted by Crippen LogP contribution is -2.36. The molecule has 1 fully saturated rings. The van der Waals surface area contributed by atoms with E-state index in [1.54, 1.807) is 0 Å². The molecule has 1 aromatic rings. The minimum absolute atomic E-state index is 0.464. The third kappa shape index (κ3) is 2.35. The van der Waals surface area contributed by atoms with Crippen molar-refractivity contribution in [1.82, 2.24) is 10.1 Å². The van der Waals surface area contributed by atoms with E-state index in [2.05, 4.69) is 10.1 Å². The number of nitrogens with two attached hydrogens (primary N) is 1. The molecule has 0 spiro atoms. The van der Waals surface area contributed by atoms with Crippen LogP contribution in [0.25, 0.3) is 0 Å². The second kappa shape index (κ2) is 4.07. The summed E-state index contributed by atoms with van der Waals surface area (Å²) in [4.78, 5) is 4.41. The molecule has 2 N–H and O–H groups in total. The molecule has 5 heteroatoms. The van der Waals surface area contributed by atoms with E-state index in [-0.39, 0.29) is 0 Å². The molecule has 0 radical (unpaired) electrons. The third-order valence-corrected chi connectivity index (χ3v) is 3.36. The van der Waals surface area contributed by atoms with Crippen molar-refractivity contribution in [2.75, 3.05) is 6.61 Å². The molecule has 0 aromatic carbocycles. The van der Waals surface area contributed by atoms with Crippen LogP contribution in [0.4, 0.5) is 0 Å². The van der Waals surface area contributed by atoms with Crippen LogP contribution in [0, 0.1) is 5.92 Å². The summed E-state index contributed by atoms with van der Waals surface area (Å²) in [5.41, 5.74) is 5.20. The fourth-order valence-electron chi connectivity index (χ4n) is 1.97. The summed E-state index contributed by atoms with van der Waals surface area (Å²) in [6, 6.07) is 0. The highest BCUT2D eigenvalue weighted by Crippen LogP contribution is 2.43. The Balaban J connectivity index is 2.20. The minimum atomic E-state index is -0.532. The molecular weight excluding hydrogens is 218 g/mol. The van der Waals surface area contributed by atoms with Gasteiger partial charge in [0.05, 0.1) is 5.54 Å². The number of aromatic nitrogens is 2. The van der Waals surface area contributed by atoms with Gasteiger partial charge in [-0.15, -0.1) is 0 Å². The predicted molar refractivity (Wildman–Crippen MR) is 63.2 cm³/mol. The Morgan fingerprint density at radius 1 is 1.41 bits per heavy atom. The molecule has 1 aromatic heterocycles. The normalized spacial score (nSPS) is 20.3. The molecule has 0 aliphatic heterocycles. The second-order valence-corrected chi connectivity index (χ2v) is 5.42. The van der Waals surface area contributed by atoms with Gasteiger partial charge in [-0.1, -0.05) is 5.16 Å². The zero-order valence-corrected chi connectivity index (χ0v) is 11.0. The Morgan fingerprint density at radius 3 is 2.59 bits per heavy atom. The number of hydrogen-bond acceptors (Lipinski definition) is 5. The number of hydrogen-bond donors (Lipinski definition) is 1. The van der Waals surface area contributed by atoms with Gasteiger partial charge in [-0.2, -0.15) is 4.98 Å². The molecule has 0 saturated heterocycles. The predicted octanol–water partition coefficient (Wildman–Crippen LogP) is 1.93. The van der Waals surface area contributed by atoms with Gasteiger partial charge >= 0.3 is 0 Å². The summed E-state index contributed by atoms with van der Waals surface area (Å²) < 4.78 is 10.9. The van der Waals surface area contributed by atoms with E-state index in [4.69, 9.17) is 15.0 Å². The topological polar surface area (TPSA) is 74.2 Å². The summed E-state index contributed by atoms with van der Waals surface area (Å²) in [5, 5.41) is 3.99. The molecule has 0 bridgehead atoms. The molecule has 96 valence electrons. The highest BCUT2D eigenvalue weighted by molar-refractivity contribution is 5.09. The third-order valence-electron chi connectivity index (χ3n) is 3.36.